The van der Waals surface area contributed by atoms with E-state index in [0.29, 0.717) is 31.0 Å². The Hall–Kier alpha value is -1.88. The summed E-state index contributed by atoms with van der Waals surface area (Å²) in [6.07, 6.45) is 5.55. The van der Waals surface area contributed by atoms with Crippen LogP contribution in [0.25, 0.3) is 0 Å². The second-order valence-electron chi connectivity index (χ2n) is 6.74. The molecule has 1 N–H and O–H groups in total. The quantitative estimate of drug-likeness (QED) is 0.870. The minimum absolute atomic E-state index is 0.222. The third-order valence-electron chi connectivity index (χ3n) is 5.21. The highest BCUT2D eigenvalue weighted by Crippen LogP contribution is 2.37. The first-order chi connectivity index (χ1) is 11.6. The fraction of sp³-hybridized carbons (Fsp3) is 0.579. The van der Waals surface area contributed by atoms with Crippen LogP contribution in [-0.2, 0) is 16.0 Å². The molecule has 2 saturated heterocycles. The summed E-state index contributed by atoms with van der Waals surface area (Å²) in [6, 6.07) is 7.46. The number of amides is 1. The van der Waals surface area contributed by atoms with Crippen molar-refractivity contribution in [1.82, 2.24) is 4.90 Å². The summed E-state index contributed by atoms with van der Waals surface area (Å²) in [5.74, 6) is -0.703. The van der Waals surface area contributed by atoms with Crippen LogP contribution in [0.4, 0.5) is 0 Å². The van der Waals surface area contributed by atoms with Gasteiger partial charge in [-0.3, -0.25) is 4.79 Å². The minimum atomic E-state index is -0.925. The Kier molecular flexibility index (Phi) is 5.19. The molecule has 0 radical (unpaired) electrons. The number of rotatable bonds is 6. The molecule has 3 rings (SSSR count). The van der Waals surface area contributed by atoms with Gasteiger partial charge in [-0.15, -0.1) is 0 Å². The molecule has 24 heavy (non-hydrogen) atoms. The van der Waals surface area contributed by atoms with Crippen LogP contribution in [0.2, 0.25) is 0 Å². The van der Waals surface area contributed by atoms with Gasteiger partial charge in [0.05, 0.1) is 11.7 Å². The van der Waals surface area contributed by atoms with Crippen molar-refractivity contribution in [1.29, 1.82) is 0 Å². The number of carbonyl (C=O) groups is 2. The SMILES string of the molecule is CCOC1CC2CCC(C1)N2C(=O)CCc1ccc(C(=O)O)cc1. The number of hydrogen-bond acceptors (Lipinski definition) is 3. The fourth-order valence-electron chi connectivity index (χ4n) is 4.10. The van der Waals surface area contributed by atoms with Crippen LogP contribution in [0, 0.1) is 0 Å². The average molecular weight is 331 g/mol. The van der Waals surface area contributed by atoms with Gasteiger partial charge in [0.25, 0.3) is 0 Å². The van der Waals surface area contributed by atoms with Gasteiger partial charge in [-0.25, -0.2) is 4.79 Å². The molecule has 130 valence electrons. The van der Waals surface area contributed by atoms with Crippen LogP contribution < -0.4 is 0 Å². The van der Waals surface area contributed by atoms with Crippen molar-refractivity contribution in [3.63, 3.8) is 0 Å². The van der Waals surface area contributed by atoms with Crippen molar-refractivity contribution in [2.24, 2.45) is 0 Å². The molecule has 2 aliphatic rings. The van der Waals surface area contributed by atoms with E-state index in [1.165, 1.54) is 0 Å². The van der Waals surface area contributed by atoms with E-state index in [1.807, 2.05) is 6.92 Å². The van der Waals surface area contributed by atoms with Crippen LogP contribution in [0.5, 0.6) is 0 Å². The van der Waals surface area contributed by atoms with Crippen molar-refractivity contribution in [3.05, 3.63) is 35.4 Å². The van der Waals surface area contributed by atoms with Gasteiger partial charge in [0.1, 0.15) is 0 Å². The van der Waals surface area contributed by atoms with Crippen LogP contribution >= 0.6 is 0 Å². The van der Waals surface area contributed by atoms with E-state index in [1.54, 1.807) is 24.3 Å². The number of aromatic carboxylic acids is 1. The molecule has 5 nitrogen and oxygen atoms in total. The van der Waals surface area contributed by atoms with Crippen molar-refractivity contribution in [2.75, 3.05) is 6.61 Å². The van der Waals surface area contributed by atoms with Crippen molar-refractivity contribution in [2.45, 2.75) is 63.6 Å². The van der Waals surface area contributed by atoms with Gasteiger partial charge in [0, 0.05) is 25.1 Å². The highest BCUT2D eigenvalue weighted by molar-refractivity contribution is 5.87. The zero-order valence-corrected chi connectivity index (χ0v) is 14.1. The number of piperidine rings is 1. The molecule has 2 heterocycles. The largest absolute Gasteiger partial charge is 0.478 e. The third-order valence-corrected chi connectivity index (χ3v) is 5.21. The average Bonchev–Trinajstić information content (AvgIpc) is 2.84. The summed E-state index contributed by atoms with van der Waals surface area (Å²) in [4.78, 5) is 25.6. The van der Waals surface area contributed by atoms with Crippen molar-refractivity contribution < 1.29 is 19.4 Å². The van der Waals surface area contributed by atoms with Crippen LogP contribution in [0.15, 0.2) is 24.3 Å². The first kappa shape index (κ1) is 17.0. The van der Waals surface area contributed by atoms with E-state index in [2.05, 4.69) is 4.90 Å². The molecule has 1 amide bonds. The number of ether oxygens (including phenoxy) is 1. The number of carboxylic acid groups (broad SMARTS) is 1. The van der Waals surface area contributed by atoms with E-state index in [-0.39, 0.29) is 11.5 Å². The van der Waals surface area contributed by atoms with Crippen LogP contribution in [0.1, 0.15) is 54.9 Å². The maximum Gasteiger partial charge on any atom is 0.335 e. The van der Waals surface area contributed by atoms with Crippen LogP contribution in [-0.4, -0.2) is 46.7 Å². The van der Waals surface area contributed by atoms with Crippen molar-refractivity contribution >= 4 is 11.9 Å². The molecular weight excluding hydrogens is 306 g/mol. The van der Waals surface area contributed by atoms with Crippen molar-refractivity contribution in [3.8, 4) is 0 Å². The smallest absolute Gasteiger partial charge is 0.335 e. The Morgan fingerprint density at radius 1 is 1.17 bits per heavy atom. The second-order valence-corrected chi connectivity index (χ2v) is 6.74. The Bertz CT molecular complexity index is 584. The van der Waals surface area contributed by atoms with Gasteiger partial charge in [-0.2, -0.15) is 0 Å². The molecule has 2 bridgehead atoms. The molecule has 0 aliphatic carbocycles. The Labute approximate surface area is 142 Å². The standard InChI is InChI=1S/C19H25NO4/c1-2-24-17-11-15-8-9-16(12-17)20(15)18(21)10-5-13-3-6-14(7-4-13)19(22)23/h3-4,6-7,15-17H,2,5,8-12H2,1H3,(H,22,23). The second kappa shape index (κ2) is 7.34. The van der Waals surface area contributed by atoms with Gasteiger partial charge in [0.2, 0.25) is 5.91 Å². The Morgan fingerprint density at radius 2 is 1.79 bits per heavy atom. The lowest BCUT2D eigenvalue weighted by atomic mass is 9.98. The predicted octanol–water partition coefficient (Wildman–Crippen LogP) is 2.88. The minimum Gasteiger partial charge on any atom is -0.478 e. The highest BCUT2D eigenvalue weighted by Gasteiger charge is 2.43. The summed E-state index contributed by atoms with van der Waals surface area (Å²) < 4.78 is 5.77. The highest BCUT2D eigenvalue weighted by atomic mass is 16.5. The lowest BCUT2D eigenvalue weighted by molar-refractivity contribution is -0.138. The predicted molar refractivity (Wildman–Crippen MR) is 90.0 cm³/mol. The first-order valence-electron chi connectivity index (χ1n) is 8.83. The van der Waals surface area contributed by atoms with Gasteiger partial charge < -0.3 is 14.7 Å². The summed E-state index contributed by atoms with van der Waals surface area (Å²) >= 11 is 0. The molecule has 2 fully saturated rings. The van der Waals surface area contributed by atoms with Crippen LogP contribution in [0.3, 0.4) is 0 Å². The van der Waals surface area contributed by atoms with E-state index < -0.39 is 5.97 Å². The van der Waals surface area contributed by atoms with E-state index in [4.69, 9.17) is 9.84 Å². The molecule has 0 aromatic heterocycles. The van der Waals surface area contributed by atoms with Gasteiger partial charge in [-0.05, 0) is 56.7 Å². The number of nitrogens with zero attached hydrogens (tertiary/aromatic N) is 1. The maximum absolute atomic E-state index is 12.7. The Morgan fingerprint density at radius 3 is 2.33 bits per heavy atom. The normalized spacial score (nSPS) is 25.7. The number of hydrogen-bond donors (Lipinski definition) is 1. The third kappa shape index (κ3) is 3.61. The molecule has 2 unspecified atom stereocenters. The van der Waals surface area contributed by atoms with E-state index in [0.717, 1.165) is 37.9 Å². The molecule has 2 aliphatic heterocycles. The maximum atomic E-state index is 12.7. The zero-order chi connectivity index (χ0) is 17.1. The lowest BCUT2D eigenvalue weighted by Gasteiger charge is -2.39. The van der Waals surface area contributed by atoms with Gasteiger partial charge in [0.15, 0.2) is 0 Å². The number of fused-ring (bicyclic) bond motifs is 2. The molecule has 0 spiro atoms. The Balaban J connectivity index is 1.55. The van der Waals surface area contributed by atoms with E-state index >= 15 is 0 Å². The number of carbonyl (C=O) groups excluding carboxylic acids is 1. The summed E-state index contributed by atoms with van der Waals surface area (Å²) in [6.45, 7) is 2.76. The molecular formula is C19H25NO4. The number of benzene rings is 1. The molecule has 1 aromatic rings. The topological polar surface area (TPSA) is 66.8 Å². The monoisotopic (exact) mass is 331 g/mol. The molecule has 2 atom stereocenters. The molecule has 1 aromatic carbocycles. The lowest BCUT2D eigenvalue weighted by Crippen LogP contribution is -2.48. The number of carboxylic acids is 1. The molecule has 0 saturated carbocycles. The van der Waals surface area contributed by atoms with Gasteiger partial charge in [-0.1, -0.05) is 12.1 Å². The summed E-state index contributed by atoms with van der Waals surface area (Å²) in [5, 5.41) is 8.92. The number of aryl methyl sites for hydroxylation is 1. The zero-order valence-electron chi connectivity index (χ0n) is 14.1. The summed E-state index contributed by atoms with van der Waals surface area (Å²) in [7, 11) is 0. The van der Waals surface area contributed by atoms with Gasteiger partial charge >= 0.3 is 5.97 Å². The fourth-order valence-corrected chi connectivity index (χ4v) is 4.10. The molecule has 5 heteroatoms. The first-order valence-corrected chi connectivity index (χ1v) is 8.83. The summed E-state index contributed by atoms with van der Waals surface area (Å²) in [5.41, 5.74) is 1.28. The van der Waals surface area contributed by atoms with E-state index in [9.17, 15) is 9.59 Å².